The van der Waals surface area contributed by atoms with Crippen LogP contribution in [-0.4, -0.2) is 41.7 Å². The summed E-state index contributed by atoms with van der Waals surface area (Å²) in [7, 11) is 0. The zero-order valence-electron chi connectivity index (χ0n) is 7.90. The predicted octanol–water partition coefficient (Wildman–Crippen LogP) is 0.184. The van der Waals surface area contributed by atoms with Crippen molar-refractivity contribution in [1.82, 2.24) is 5.32 Å². The molecule has 2 fully saturated rings. The molecule has 80 valence electrons. The molecule has 3 N–H and O–H groups in total. The van der Waals surface area contributed by atoms with Crippen molar-refractivity contribution in [2.75, 3.05) is 13.2 Å². The minimum Gasteiger partial charge on any atom is -0.465 e. The quantitative estimate of drug-likeness (QED) is 0.595. The van der Waals surface area contributed by atoms with E-state index < -0.39 is 6.09 Å². The molecule has 0 aromatic rings. The lowest BCUT2D eigenvalue weighted by Gasteiger charge is -2.24. The minimum absolute atomic E-state index is 0.0318. The van der Waals surface area contributed by atoms with Crippen molar-refractivity contribution in [2.24, 2.45) is 5.41 Å². The zero-order chi connectivity index (χ0) is 10.2. The Morgan fingerprint density at radius 1 is 1.64 bits per heavy atom. The number of hydrogen-bond donors (Lipinski definition) is 3. The van der Waals surface area contributed by atoms with E-state index in [1.54, 1.807) is 0 Å². The van der Waals surface area contributed by atoms with Gasteiger partial charge in [0, 0.05) is 18.1 Å². The summed E-state index contributed by atoms with van der Waals surface area (Å²) >= 11 is 0. The third-order valence-corrected chi connectivity index (χ3v) is 3.40. The molecule has 1 aliphatic carbocycles. The maximum atomic E-state index is 10.5. The van der Waals surface area contributed by atoms with Crippen LogP contribution in [0.3, 0.4) is 0 Å². The third-order valence-electron chi connectivity index (χ3n) is 3.40. The van der Waals surface area contributed by atoms with Gasteiger partial charge in [0.05, 0.1) is 12.7 Å². The van der Waals surface area contributed by atoms with Gasteiger partial charge in [-0.1, -0.05) is 0 Å². The van der Waals surface area contributed by atoms with Crippen molar-refractivity contribution in [2.45, 2.75) is 31.4 Å². The summed E-state index contributed by atoms with van der Waals surface area (Å²) in [5, 5.41) is 20.4. The summed E-state index contributed by atoms with van der Waals surface area (Å²) in [5.74, 6) is 0. The van der Waals surface area contributed by atoms with E-state index in [4.69, 9.17) is 9.84 Å². The number of fused-ring (bicyclic) bond motifs is 1. The average molecular weight is 201 g/mol. The SMILES string of the molecule is O=C(O)N[C@@H]1C[C@H]2OCC[C@@]2(CO)C1. The van der Waals surface area contributed by atoms with Crippen LogP contribution in [0.4, 0.5) is 4.79 Å². The van der Waals surface area contributed by atoms with E-state index >= 15 is 0 Å². The summed E-state index contributed by atoms with van der Waals surface area (Å²) < 4.78 is 5.49. The highest BCUT2D eigenvalue weighted by atomic mass is 16.5. The second-order valence-corrected chi connectivity index (χ2v) is 4.22. The molecule has 0 bridgehead atoms. The molecule has 5 nitrogen and oxygen atoms in total. The highest BCUT2D eigenvalue weighted by Gasteiger charge is 2.51. The van der Waals surface area contributed by atoms with Crippen LogP contribution >= 0.6 is 0 Å². The standard InChI is InChI=1S/C9H15NO4/c11-5-9-1-2-14-7(9)3-6(4-9)10-8(12)13/h6-7,10-11H,1-5H2,(H,12,13)/t6-,7-,9+/m1/s1. The number of aliphatic hydroxyl groups is 1. The molecule has 2 aliphatic rings. The Hall–Kier alpha value is -0.810. The average Bonchev–Trinajstić information content (AvgIpc) is 2.59. The van der Waals surface area contributed by atoms with Gasteiger partial charge < -0.3 is 20.3 Å². The molecule has 1 saturated carbocycles. The van der Waals surface area contributed by atoms with Gasteiger partial charge in [0.2, 0.25) is 0 Å². The third kappa shape index (κ3) is 1.46. The number of carbonyl (C=O) groups is 1. The van der Waals surface area contributed by atoms with Crippen molar-refractivity contribution >= 4 is 6.09 Å². The Morgan fingerprint density at radius 2 is 2.43 bits per heavy atom. The van der Waals surface area contributed by atoms with Gasteiger partial charge in [-0.25, -0.2) is 4.79 Å². The Morgan fingerprint density at radius 3 is 3.00 bits per heavy atom. The number of carboxylic acid groups (broad SMARTS) is 1. The van der Waals surface area contributed by atoms with E-state index in [0.717, 1.165) is 6.42 Å². The molecule has 2 rings (SSSR count). The van der Waals surface area contributed by atoms with Gasteiger partial charge in [-0.3, -0.25) is 0 Å². The molecule has 1 heterocycles. The first-order valence-corrected chi connectivity index (χ1v) is 4.88. The van der Waals surface area contributed by atoms with Crippen molar-refractivity contribution in [3.63, 3.8) is 0 Å². The van der Waals surface area contributed by atoms with Crippen LogP contribution in [0, 0.1) is 5.41 Å². The monoisotopic (exact) mass is 201 g/mol. The number of amides is 1. The fraction of sp³-hybridized carbons (Fsp3) is 0.889. The van der Waals surface area contributed by atoms with Gasteiger partial charge in [-0.05, 0) is 19.3 Å². The highest BCUT2D eigenvalue weighted by molar-refractivity contribution is 5.64. The molecule has 3 atom stereocenters. The van der Waals surface area contributed by atoms with Crippen LogP contribution in [0.15, 0.2) is 0 Å². The number of rotatable bonds is 2. The predicted molar refractivity (Wildman–Crippen MR) is 48.1 cm³/mol. The van der Waals surface area contributed by atoms with E-state index in [-0.39, 0.29) is 24.2 Å². The van der Waals surface area contributed by atoms with Crippen LogP contribution in [-0.2, 0) is 4.74 Å². The smallest absolute Gasteiger partial charge is 0.404 e. The van der Waals surface area contributed by atoms with E-state index in [0.29, 0.717) is 19.4 Å². The summed E-state index contributed by atoms with van der Waals surface area (Å²) in [6, 6.07) is -0.0649. The first-order chi connectivity index (χ1) is 6.66. The van der Waals surface area contributed by atoms with Crippen molar-refractivity contribution in [1.29, 1.82) is 0 Å². The molecular formula is C9H15NO4. The van der Waals surface area contributed by atoms with Crippen molar-refractivity contribution < 1.29 is 19.7 Å². The van der Waals surface area contributed by atoms with E-state index in [9.17, 15) is 9.90 Å². The largest absolute Gasteiger partial charge is 0.465 e. The van der Waals surface area contributed by atoms with Gasteiger partial charge in [-0.2, -0.15) is 0 Å². The maximum absolute atomic E-state index is 10.5. The molecule has 1 aliphatic heterocycles. The Kier molecular flexibility index (Phi) is 2.36. The van der Waals surface area contributed by atoms with Crippen molar-refractivity contribution in [3.8, 4) is 0 Å². The molecule has 0 radical (unpaired) electrons. The summed E-state index contributed by atoms with van der Waals surface area (Å²) in [6.45, 7) is 0.778. The van der Waals surface area contributed by atoms with E-state index in [1.807, 2.05) is 0 Å². The van der Waals surface area contributed by atoms with E-state index in [1.165, 1.54) is 0 Å². The number of ether oxygens (including phenoxy) is 1. The Balaban J connectivity index is 2.01. The topological polar surface area (TPSA) is 78.8 Å². The van der Waals surface area contributed by atoms with Crippen LogP contribution in [0.2, 0.25) is 0 Å². The zero-order valence-corrected chi connectivity index (χ0v) is 7.90. The molecule has 1 amide bonds. The minimum atomic E-state index is -0.997. The summed E-state index contributed by atoms with van der Waals surface area (Å²) in [4.78, 5) is 10.5. The van der Waals surface area contributed by atoms with Crippen molar-refractivity contribution in [3.05, 3.63) is 0 Å². The number of hydrogen-bond acceptors (Lipinski definition) is 3. The summed E-state index contributed by atoms with van der Waals surface area (Å²) in [5.41, 5.74) is -0.187. The van der Waals surface area contributed by atoms with Crippen LogP contribution < -0.4 is 5.32 Å². The first kappa shape index (κ1) is 9.73. The lowest BCUT2D eigenvalue weighted by Crippen LogP contribution is -2.33. The second kappa shape index (κ2) is 3.40. The van der Waals surface area contributed by atoms with Gasteiger partial charge in [-0.15, -0.1) is 0 Å². The lowest BCUT2D eigenvalue weighted by atomic mass is 9.84. The molecule has 14 heavy (non-hydrogen) atoms. The van der Waals surface area contributed by atoms with Gasteiger partial charge in [0.1, 0.15) is 0 Å². The number of aliphatic hydroxyl groups excluding tert-OH is 1. The maximum Gasteiger partial charge on any atom is 0.404 e. The van der Waals surface area contributed by atoms with Crippen LogP contribution in [0.25, 0.3) is 0 Å². The fourth-order valence-electron chi connectivity index (χ4n) is 2.66. The number of nitrogens with one attached hydrogen (secondary N) is 1. The van der Waals surface area contributed by atoms with Gasteiger partial charge in [0.25, 0.3) is 0 Å². The second-order valence-electron chi connectivity index (χ2n) is 4.22. The molecule has 1 saturated heterocycles. The molecular weight excluding hydrogens is 186 g/mol. The van der Waals surface area contributed by atoms with Gasteiger partial charge in [0.15, 0.2) is 0 Å². The Labute approximate surface area is 82.1 Å². The fourth-order valence-corrected chi connectivity index (χ4v) is 2.66. The summed E-state index contributed by atoms with van der Waals surface area (Å²) in [6.07, 6.45) is 1.26. The normalized spacial score (nSPS) is 40.9. The van der Waals surface area contributed by atoms with Gasteiger partial charge >= 0.3 is 6.09 Å². The van der Waals surface area contributed by atoms with E-state index in [2.05, 4.69) is 5.32 Å². The molecule has 0 aromatic heterocycles. The molecule has 0 spiro atoms. The molecule has 0 unspecified atom stereocenters. The molecule has 0 aromatic carbocycles. The van der Waals surface area contributed by atoms with Crippen LogP contribution in [0.5, 0.6) is 0 Å². The first-order valence-electron chi connectivity index (χ1n) is 4.88. The van der Waals surface area contributed by atoms with Crippen LogP contribution in [0.1, 0.15) is 19.3 Å². The highest BCUT2D eigenvalue weighted by Crippen LogP contribution is 2.46. The molecule has 5 heteroatoms. The Bertz CT molecular complexity index is 245. The lowest BCUT2D eigenvalue weighted by molar-refractivity contribution is 0.0380.